The summed E-state index contributed by atoms with van der Waals surface area (Å²) in [6.07, 6.45) is 2.32. The third-order valence-corrected chi connectivity index (χ3v) is 4.26. The molecule has 1 fully saturated rings. The summed E-state index contributed by atoms with van der Waals surface area (Å²) in [6.45, 7) is 4.10. The van der Waals surface area contributed by atoms with Crippen molar-refractivity contribution in [3.8, 4) is 0 Å². The number of rotatable bonds is 5. The first-order chi connectivity index (χ1) is 9.69. The van der Waals surface area contributed by atoms with Crippen molar-refractivity contribution >= 4 is 17.5 Å². The number of hydrogen-bond donors (Lipinski definition) is 0. The van der Waals surface area contributed by atoms with E-state index in [1.807, 2.05) is 7.05 Å². The number of halogens is 1. The molecule has 0 spiro atoms. The minimum absolute atomic E-state index is 0.0263. The van der Waals surface area contributed by atoms with Gasteiger partial charge in [0.25, 0.3) is 0 Å². The molecule has 0 N–H and O–H groups in total. The Morgan fingerprint density at radius 3 is 2.55 bits per heavy atom. The predicted molar refractivity (Wildman–Crippen MR) is 82.8 cm³/mol. The van der Waals surface area contributed by atoms with Crippen LogP contribution in [0.5, 0.6) is 0 Å². The quantitative estimate of drug-likeness (QED) is 0.780. The number of amides is 1. The van der Waals surface area contributed by atoms with Gasteiger partial charge in [-0.2, -0.15) is 0 Å². The molecular weight excluding hydrogens is 272 g/mol. The monoisotopic (exact) mass is 294 g/mol. The third kappa shape index (κ3) is 4.50. The molecule has 1 amide bonds. The highest BCUT2D eigenvalue weighted by molar-refractivity contribution is 6.27. The molecule has 4 heteroatoms. The Hall–Kier alpha value is -1.06. The summed E-state index contributed by atoms with van der Waals surface area (Å²) in [4.78, 5) is 15.7. The van der Waals surface area contributed by atoms with Crippen LogP contribution in [0.4, 0.5) is 0 Å². The van der Waals surface area contributed by atoms with Gasteiger partial charge in [-0.3, -0.25) is 9.69 Å². The summed E-state index contributed by atoms with van der Waals surface area (Å²) in [5.74, 6) is 0.723. The van der Waals surface area contributed by atoms with Crippen LogP contribution in [0.3, 0.4) is 0 Å². The fraction of sp³-hybridized carbons (Fsp3) is 0.562. The smallest absolute Gasteiger partial charge is 0.237 e. The number of likely N-dealkylation sites (tertiary alicyclic amines) is 1. The van der Waals surface area contributed by atoms with Crippen molar-refractivity contribution in [3.05, 3.63) is 35.9 Å². The van der Waals surface area contributed by atoms with Crippen molar-refractivity contribution in [3.63, 3.8) is 0 Å². The summed E-state index contributed by atoms with van der Waals surface area (Å²) in [6, 6.07) is 10.6. The van der Waals surface area contributed by atoms with Gasteiger partial charge in [0.15, 0.2) is 0 Å². The van der Waals surface area contributed by atoms with Crippen molar-refractivity contribution < 1.29 is 4.79 Å². The van der Waals surface area contributed by atoms with E-state index in [0.717, 1.165) is 39.0 Å². The van der Waals surface area contributed by atoms with Crippen molar-refractivity contribution in [1.29, 1.82) is 0 Å². The zero-order chi connectivity index (χ0) is 14.4. The summed E-state index contributed by atoms with van der Waals surface area (Å²) in [5.41, 5.74) is 1.38. The van der Waals surface area contributed by atoms with Crippen LogP contribution >= 0.6 is 11.6 Å². The maximum Gasteiger partial charge on any atom is 0.237 e. The van der Waals surface area contributed by atoms with Gasteiger partial charge >= 0.3 is 0 Å². The second-order valence-corrected chi connectivity index (χ2v) is 5.88. The average molecular weight is 295 g/mol. The minimum Gasteiger partial charge on any atom is -0.344 e. The topological polar surface area (TPSA) is 23.6 Å². The first-order valence-corrected chi connectivity index (χ1v) is 7.78. The Labute approximate surface area is 126 Å². The van der Waals surface area contributed by atoms with E-state index >= 15 is 0 Å². The van der Waals surface area contributed by atoms with Crippen LogP contribution in [0.2, 0.25) is 0 Å². The van der Waals surface area contributed by atoms with E-state index in [0.29, 0.717) is 5.92 Å². The van der Waals surface area contributed by atoms with Crippen LogP contribution in [0.1, 0.15) is 18.4 Å². The standard InChI is InChI=1S/C16H23ClN2O/c1-18(16(20)11-17)12-15-7-9-19(10-8-15)13-14-5-3-2-4-6-14/h2-6,15H,7-13H2,1H3. The van der Waals surface area contributed by atoms with Crippen LogP contribution in [0, 0.1) is 5.92 Å². The molecule has 20 heavy (non-hydrogen) atoms. The van der Waals surface area contributed by atoms with Crippen molar-refractivity contribution in [1.82, 2.24) is 9.80 Å². The molecule has 1 aromatic carbocycles. The second-order valence-electron chi connectivity index (χ2n) is 5.61. The molecule has 1 aromatic rings. The SMILES string of the molecule is CN(CC1CCN(Cc2ccccc2)CC1)C(=O)CCl. The maximum absolute atomic E-state index is 11.5. The molecular formula is C16H23ClN2O. The number of hydrogen-bond acceptors (Lipinski definition) is 2. The molecule has 1 aliphatic heterocycles. The summed E-state index contributed by atoms with van der Waals surface area (Å²) < 4.78 is 0. The zero-order valence-corrected chi connectivity index (χ0v) is 12.9. The minimum atomic E-state index is 0.0263. The molecule has 0 aromatic heterocycles. The molecule has 1 heterocycles. The van der Waals surface area contributed by atoms with E-state index in [-0.39, 0.29) is 11.8 Å². The Kier molecular flexibility index (Phi) is 5.86. The van der Waals surface area contributed by atoms with Gasteiger partial charge in [-0.05, 0) is 37.4 Å². The lowest BCUT2D eigenvalue weighted by molar-refractivity contribution is -0.128. The number of carbonyl (C=O) groups is 1. The number of nitrogens with zero attached hydrogens (tertiary/aromatic N) is 2. The summed E-state index contributed by atoms with van der Waals surface area (Å²) in [5, 5.41) is 0. The van der Waals surface area contributed by atoms with E-state index in [9.17, 15) is 4.79 Å². The van der Waals surface area contributed by atoms with Gasteiger partial charge in [0, 0.05) is 20.1 Å². The molecule has 110 valence electrons. The lowest BCUT2D eigenvalue weighted by Gasteiger charge is -2.33. The van der Waals surface area contributed by atoms with Crippen LogP contribution in [0.25, 0.3) is 0 Å². The second kappa shape index (κ2) is 7.65. The van der Waals surface area contributed by atoms with Gasteiger partial charge in [-0.1, -0.05) is 30.3 Å². The molecule has 2 rings (SSSR count). The maximum atomic E-state index is 11.5. The van der Waals surface area contributed by atoms with Gasteiger partial charge in [0.2, 0.25) is 5.91 Å². The number of piperidine rings is 1. The van der Waals surface area contributed by atoms with E-state index in [4.69, 9.17) is 11.6 Å². The molecule has 0 radical (unpaired) electrons. The van der Waals surface area contributed by atoms with Crippen LogP contribution in [-0.4, -0.2) is 48.3 Å². The highest BCUT2D eigenvalue weighted by Crippen LogP contribution is 2.19. The summed E-state index contributed by atoms with van der Waals surface area (Å²) >= 11 is 5.58. The number of benzene rings is 1. The highest BCUT2D eigenvalue weighted by Gasteiger charge is 2.21. The normalized spacial score (nSPS) is 17.1. The van der Waals surface area contributed by atoms with Crippen LogP contribution < -0.4 is 0 Å². The Morgan fingerprint density at radius 1 is 1.30 bits per heavy atom. The van der Waals surface area contributed by atoms with Crippen molar-refractivity contribution in [2.24, 2.45) is 5.92 Å². The molecule has 1 aliphatic rings. The molecule has 1 saturated heterocycles. The molecule has 3 nitrogen and oxygen atoms in total. The first-order valence-electron chi connectivity index (χ1n) is 7.25. The lowest BCUT2D eigenvalue weighted by Crippen LogP contribution is -2.39. The summed E-state index contributed by atoms with van der Waals surface area (Å²) in [7, 11) is 1.85. The van der Waals surface area contributed by atoms with Crippen molar-refractivity contribution in [2.45, 2.75) is 19.4 Å². The highest BCUT2D eigenvalue weighted by atomic mass is 35.5. The zero-order valence-electron chi connectivity index (χ0n) is 12.1. The average Bonchev–Trinajstić information content (AvgIpc) is 2.49. The van der Waals surface area contributed by atoms with Gasteiger partial charge < -0.3 is 4.90 Å². The molecule has 0 unspecified atom stereocenters. The molecule has 0 aliphatic carbocycles. The van der Waals surface area contributed by atoms with Gasteiger partial charge in [-0.15, -0.1) is 11.6 Å². The Morgan fingerprint density at radius 2 is 1.95 bits per heavy atom. The molecule has 0 saturated carbocycles. The van der Waals surface area contributed by atoms with E-state index in [2.05, 4.69) is 35.2 Å². The van der Waals surface area contributed by atoms with Gasteiger partial charge in [-0.25, -0.2) is 0 Å². The molecule has 0 atom stereocenters. The predicted octanol–water partition coefficient (Wildman–Crippen LogP) is 2.60. The Balaban J connectivity index is 1.74. The fourth-order valence-corrected chi connectivity index (χ4v) is 2.96. The Bertz CT molecular complexity index is 416. The van der Waals surface area contributed by atoms with Gasteiger partial charge in [0.1, 0.15) is 5.88 Å². The third-order valence-electron chi connectivity index (χ3n) is 4.03. The van der Waals surface area contributed by atoms with E-state index in [1.54, 1.807) is 4.90 Å². The fourth-order valence-electron chi connectivity index (χ4n) is 2.76. The van der Waals surface area contributed by atoms with Crippen LogP contribution in [-0.2, 0) is 11.3 Å². The molecule has 0 bridgehead atoms. The number of alkyl halides is 1. The van der Waals surface area contributed by atoms with Crippen LogP contribution in [0.15, 0.2) is 30.3 Å². The number of carbonyl (C=O) groups excluding carboxylic acids is 1. The van der Waals surface area contributed by atoms with Crippen molar-refractivity contribution in [2.75, 3.05) is 32.6 Å². The lowest BCUT2D eigenvalue weighted by atomic mass is 9.96. The van der Waals surface area contributed by atoms with E-state index < -0.39 is 0 Å². The first kappa shape index (κ1) is 15.3. The van der Waals surface area contributed by atoms with E-state index in [1.165, 1.54) is 5.56 Å². The van der Waals surface area contributed by atoms with Gasteiger partial charge in [0.05, 0.1) is 0 Å². The largest absolute Gasteiger partial charge is 0.344 e.